The van der Waals surface area contributed by atoms with Crippen molar-refractivity contribution < 1.29 is 17.9 Å². The Balaban J connectivity index is 1.52. The highest BCUT2D eigenvalue weighted by molar-refractivity contribution is 7.89. The third kappa shape index (κ3) is 4.94. The third-order valence-electron chi connectivity index (χ3n) is 5.39. The lowest BCUT2D eigenvalue weighted by molar-refractivity contribution is -0.131. The molecule has 0 atom stereocenters. The van der Waals surface area contributed by atoms with Crippen LogP contribution in [0.1, 0.15) is 12.0 Å². The topological polar surface area (TPSA) is 70.2 Å². The number of hydrogen-bond donors (Lipinski definition) is 0. The van der Waals surface area contributed by atoms with Gasteiger partial charge in [0.05, 0.1) is 17.7 Å². The SMILES string of the molecule is COc1ccccc1N1CCN(C(=O)CCc2ccc(S(=O)(=O)N(C)C)cc2)CC1. The Morgan fingerprint density at radius 2 is 1.63 bits per heavy atom. The zero-order valence-electron chi connectivity index (χ0n) is 17.7. The number of para-hydroxylation sites is 2. The number of sulfonamides is 1. The molecule has 1 saturated heterocycles. The van der Waals surface area contributed by atoms with E-state index in [2.05, 4.69) is 4.90 Å². The summed E-state index contributed by atoms with van der Waals surface area (Å²) in [5, 5.41) is 0. The fourth-order valence-corrected chi connectivity index (χ4v) is 4.44. The summed E-state index contributed by atoms with van der Waals surface area (Å²) in [6.07, 6.45) is 1.00. The number of rotatable bonds is 7. The lowest BCUT2D eigenvalue weighted by atomic mass is 10.1. The molecule has 0 aliphatic carbocycles. The molecule has 162 valence electrons. The van der Waals surface area contributed by atoms with E-state index in [4.69, 9.17) is 4.74 Å². The van der Waals surface area contributed by atoms with Crippen LogP contribution in [-0.4, -0.2) is 70.9 Å². The van der Waals surface area contributed by atoms with Crippen LogP contribution in [0.15, 0.2) is 53.4 Å². The average molecular weight is 432 g/mol. The van der Waals surface area contributed by atoms with Crippen LogP contribution in [0, 0.1) is 0 Å². The smallest absolute Gasteiger partial charge is 0.242 e. The number of ether oxygens (including phenoxy) is 1. The summed E-state index contributed by atoms with van der Waals surface area (Å²) >= 11 is 0. The van der Waals surface area contributed by atoms with Crippen molar-refractivity contribution in [1.82, 2.24) is 9.21 Å². The van der Waals surface area contributed by atoms with Crippen LogP contribution in [0.4, 0.5) is 5.69 Å². The van der Waals surface area contributed by atoms with Crippen LogP contribution in [0.3, 0.4) is 0 Å². The van der Waals surface area contributed by atoms with Crippen LogP contribution in [-0.2, 0) is 21.2 Å². The number of carbonyl (C=O) groups excluding carboxylic acids is 1. The molecule has 2 aromatic rings. The van der Waals surface area contributed by atoms with E-state index in [1.165, 1.54) is 18.4 Å². The van der Waals surface area contributed by atoms with Crippen LogP contribution in [0.2, 0.25) is 0 Å². The number of carbonyl (C=O) groups is 1. The minimum Gasteiger partial charge on any atom is -0.495 e. The number of piperazine rings is 1. The molecular formula is C22H29N3O4S. The van der Waals surface area contributed by atoms with Gasteiger partial charge in [0.25, 0.3) is 0 Å². The molecule has 1 aliphatic heterocycles. The van der Waals surface area contributed by atoms with Crippen LogP contribution >= 0.6 is 0 Å². The summed E-state index contributed by atoms with van der Waals surface area (Å²) in [6, 6.07) is 14.7. The van der Waals surface area contributed by atoms with Crippen molar-refractivity contribution in [3.05, 3.63) is 54.1 Å². The summed E-state index contributed by atoms with van der Waals surface area (Å²) in [5.41, 5.74) is 2.01. The molecule has 1 heterocycles. The molecule has 8 heteroatoms. The maximum atomic E-state index is 12.6. The first-order valence-corrected chi connectivity index (χ1v) is 11.4. The molecular weight excluding hydrogens is 402 g/mol. The van der Waals surface area contributed by atoms with E-state index in [0.29, 0.717) is 25.9 Å². The maximum absolute atomic E-state index is 12.6. The van der Waals surface area contributed by atoms with Gasteiger partial charge in [-0.15, -0.1) is 0 Å². The van der Waals surface area contributed by atoms with E-state index >= 15 is 0 Å². The minimum atomic E-state index is -3.43. The Bertz CT molecular complexity index is 966. The molecule has 0 radical (unpaired) electrons. The highest BCUT2D eigenvalue weighted by Crippen LogP contribution is 2.28. The third-order valence-corrected chi connectivity index (χ3v) is 7.22. The molecule has 0 bridgehead atoms. The summed E-state index contributed by atoms with van der Waals surface area (Å²) in [4.78, 5) is 17.0. The Hall–Kier alpha value is -2.58. The first kappa shape index (κ1) is 22.1. The molecule has 1 amide bonds. The van der Waals surface area contributed by atoms with Gasteiger partial charge in [0.1, 0.15) is 5.75 Å². The monoisotopic (exact) mass is 431 g/mol. The molecule has 30 heavy (non-hydrogen) atoms. The van der Waals surface area contributed by atoms with Gasteiger partial charge in [-0.25, -0.2) is 12.7 Å². The van der Waals surface area contributed by atoms with Crippen molar-refractivity contribution >= 4 is 21.6 Å². The number of hydrogen-bond acceptors (Lipinski definition) is 5. The first-order chi connectivity index (χ1) is 14.3. The second-order valence-electron chi connectivity index (χ2n) is 7.47. The molecule has 2 aromatic carbocycles. The van der Waals surface area contributed by atoms with E-state index in [-0.39, 0.29) is 10.8 Å². The lowest BCUT2D eigenvalue weighted by Gasteiger charge is -2.36. The number of methoxy groups -OCH3 is 1. The summed E-state index contributed by atoms with van der Waals surface area (Å²) in [7, 11) is 1.26. The first-order valence-electron chi connectivity index (χ1n) is 10.00. The Morgan fingerprint density at radius 1 is 1.00 bits per heavy atom. The van der Waals surface area contributed by atoms with E-state index in [1.807, 2.05) is 29.2 Å². The van der Waals surface area contributed by atoms with E-state index in [9.17, 15) is 13.2 Å². The number of anilines is 1. The fourth-order valence-electron chi connectivity index (χ4n) is 3.54. The second kappa shape index (κ2) is 9.49. The molecule has 7 nitrogen and oxygen atoms in total. The van der Waals surface area contributed by atoms with Gasteiger partial charge in [-0.1, -0.05) is 24.3 Å². The van der Waals surface area contributed by atoms with Gasteiger partial charge in [0.15, 0.2) is 0 Å². The molecule has 1 aliphatic rings. The van der Waals surface area contributed by atoms with Crippen LogP contribution < -0.4 is 9.64 Å². The van der Waals surface area contributed by atoms with Gasteiger partial charge in [0.2, 0.25) is 15.9 Å². The fraction of sp³-hybridized carbons (Fsp3) is 0.409. The summed E-state index contributed by atoms with van der Waals surface area (Å²) < 4.78 is 30.9. The molecule has 0 aromatic heterocycles. The van der Waals surface area contributed by atoms with E-state index in [1.54, 1.807) is 31.4 Å². The standard InChI is InChI=1S/C22H29N3O4S/c1-23(2)30(27,28)19-11-8-18(9-12-19)10-13-22(26)25-16-14-24(15-17-25)20-6-4-5-7-21(20)29-3/h4-9,11-12H,10,13-17H2,1-3H3. The van der Waals surface area contributed by atoms with Gasteiger partial charge < -0.3 is 14.5 Å². The Kier molecular flexibility index (Phi) is 6.99. The van der Waals surface area contributed by atoms with Crippen LogP contribution in [0.25, 0.3) is 0 Å². The normalized spacial score (nSPS) is 14.8. The number of nitrogens with zero attached hydrogens (tertiary/aromatic N) is 3. The Morgan fingerprint density at radius 3 is 2.23 bits per heavy atom. The largest absolute Gasteiger partial charge is 0.495 e. The maximum Gasteiger partial charge on any atom is 0.242 e. The van der Waals surface area contributed by atoms with Gasteiger partial charge in [0, 0.05) is 46.7 Å². The van der Waals surface area contributed by atoms with Crippen molar-refractivity contribution in [2.24, 2.45) is 0 Å². The van der Waals surface area contributed by atoms with Gasteiger partial charge in [-0.2, -0.15) is 0 Å². The zero-order valence-corrected chi connectivity index (χ0v) is 18.6. The van der Waals surface area contributed by atoms with E-state index < -0.39 is 10.0 Å². The molecule has 3 rings (SSSR count). The van der Waals surface area contributed by atoms with E-state index in [0.717, 1.165) is 30.1 Å². The van der Waals surface area contributed by atoms with Crippen molar-refractivity contribution in [3.8, 4) is 5.75 Å². The predicted molar refractivity (Wildman–Crippen MR) is 117 cm³/mol. The predicted octanol–water partition coefficient (Wildman–Crippen LogP) is 2.23. The summed E-state index contributed by atoms with van der Waals surface area (Å²) in [5.74, 6) is 0.969. The van der Waals surface area contributed by atoms with Gasteiger partial charge in [-0.05, 0) is 36.2 Å². The van der Waals surface area contributed by atoms with Crippen molar-refractivity contribution in [1.29, 1.82) is 0 Å². The highest BCUT2D eigenvalue weighted by Gasteiger charge is 2.23. The Labute approximate surface area is 178 Å². The lowest BCUT2D eigenvalue weighted by Crippen LogP contribution is -2.48. The van der Waals surface area contributed by atoms with Crippen molar-refractivity contribution in [2.45, 2.75) is 17.7 Å². The quantitative estimate of drug-likeness (QED) is 0.672. The molecule has 0 unspecified atom stereocenters. The molecule has 1 fully saturated rings. The minimum absolute atomic E-state index is 0.125. The van der Waals surface area contributed by atoms with Crippen molar-refractivity contribution in [3.63, 3.8) is 0 Å². The summed E-state index contributed by atoms with van der Waals surface area (Å²) in [6.45, 7) is 2.89. The van der Waals surface area contributed by atoms with Gasteiger partial charge in [-0.3, -0.25) is 4.79 Å². The molecule has 0 spiro atoms. The zero-order chi connectivity index (χ0) is 21.7. The molecule has 0 N–H and O–H groups in total. The number of aryl methyl sites for hydroxylation is 1. The molecule has 0 saturated carbocycles. The number of amides is 1. The second-order valence-corrected chi connectivity index (χ2v) is 9.62. The van der Waals surface area contributed by atoms with Crippen molar-refractivity contribution in [2.75, 3.05) is 52.3 Å². The highest BCUT2D eigenvalue weighted by atomic mass is 32.2. The van der Waals surface area contributed by atoms with Gasteiger partial charge >= 0.3 is 0 Å². The van der Waals surface area contributed by atoms with Crippen LogP contribution in [0.5, 0.6) is 5.75 Å². The average Bonchev–Trinajstić information content (AvgIpc) is 2.77. The number of benzene rings is 2.